The zero-order chi connectivity index (χ0) is 13.2. The van der Waals surface area contributed by atoms with Crippen LogP contribution in [-0.2, 0) is 16.0 Å². The lowest BCUT2D eigenvalue weighted by Crippen LogP contribution is -2.39. The number of benzene rings is 1. The molecule has 0 bridgehead atoms. The second kappa shape index (κ2) is 8.70. The fourth-order valence-electron chi connectivity index (χ4n) is 1.88. The van der Waals surface area contributed by atoms with Crippen molar-refractivity contribution < 1.29 is 9.53 Å². The highest BCUT2D eigenvalue weighted by molar-refractivity contribution is 5.76. The highest BCUT2D eigenvalue weighted by Gasteiger charge is 2.18. The van der Waals surface area contributed by atoms with Crippen molar-refractivity contribution in [1.29, 1.82) is 0 Å². The standard InChI is InChI=1S/C15H23NO2/c1-3-4-8-11-16-14(15(17)18-2)12-13-9-6-5-7-10-13/h5-7,9-10,14,16H,3-4,8,11-12H2,1-2H3/t14-/m0/s1. The Morgan fingerprint density at radius 2 is 2.00 bits per heavy atom. The Balaban J connectivity index is 2.48. The quantitative estimate of drug-likeness (QED) is 0.568. The fraction of sp³-hybridized carbons (Fsp3) is 0.533. The summed E-state index contributed by atoms with van der Waals surface area (Å²) in [7, 11) is 1.44. The van der Waals surface area contributed by atoms with Crippen LogP contribution in [0.1, 0.15) is 31.7 Å². The van der Waals surface area contributed by atoms with Gasteiger partial charge in [-0.1, -0.05) is 50.1 Å². The van der Waals surface area contributed by atoms with Gasteiger partial charge >= 0.3 is 5.97 Å². The van der Waals surface area contributed by atoms with E-state index in [-0.39, 0.29) is 12.0 Å². The number of rotatable bonds is 8. The van der Waals surface area contributed by atoms with Crippen LogP contribution in [0.5, 0.6) is 0 Å². The predicted molar refractivity (Wildman–Crippen MR) is 73.5 cm³/mol. The largest absolute Gasteiger partial charge is 0.468 e. The number of carbonyl (C=O) groups excluding carboxylic acids is 1. The number of ether oxygens (including phenoxy) is 1. The van der Waals surface area contributed by atoms with Gasteiger partial charge < -0.3 is 10.1 Å². The number of hydrogen-bond donors (Lipinski definition) is 1. The van der Waals surface area contributed by atoms with Gasteiger partial charge in [0.05, 0.1) is 7.11 Å². The molecule has 0 spiro atoms. The number of carbonyl (C=O) groups is 1. The average Bonchev–Trinajstić information content (AvgIpc) is 2.42. The first kappa shape index (κ1) is 14.7. The maximum absolute atomic E-state index is 11.7. The molecule has 1 N–H and O–H groups in total. The summed E-state index contributed by atoms with van der Waals surface area (Å²) in [5.74, 6) is -0.185. The Morgan fingerprint density at radius 3 is 2.61 bits per heavy atom. The molecule has 18 heavy (non-hydrogen) atoms. The van der Waals surface area contributed by atoms with Crippen molar-refractivity contribution >= 4 is 5.97 Å². The molecule has 0 aliphatic heterocycles. The molecule has 0 aliphatic carbocycles. The third-order valence-electron chi connectivity index (χ3n) is 2.94. The van der Waals surface area contributed by atoms with Crippen LogP contribution in [0, 0.1) is 0 Å². The van der Waals surface area contributed by atoms with Crippen LogP contribution in [0.4, 0.5) is 0 Å². The molecule has 0 amide bonds. The minimum Gasteiger partial charge on any atom is -0.468 e. The monoisotopic (exact) mass is 249 g/mol. The van der Waals surface area contributed by atoms with Gasteiger partial charge in [-0.05, 0) is 24.9 Å². The first-order chi connectivity index (χ1) is 8.77. The molecule has 0 saturated carbocycles. The molecule has 0 saturated heterocycles. The van der Waals surface area contributed by atoms with Crippen LogP contribution in [-0.4, -0.2) is 25.7 Å². The molecule has 3 heteroatoms. The van der Waals surface area contributed by atoms with E-state index in [4.69, 9.17) is 4.74 Å². The Kier molecular flexibility index (Phi) is 7.11. The summed E-state index contributed by atoms with van der Waals surface area (Å²) in [5.41, 5.74) is 1.15. The lowest BCUT2D eigenvalue weighted by atomic mass is 10.1. The van der Waals surface area contributed by atoms with Crippen LogP contribution in [0.15, 0.2) is 30.3 Å². The van der Waals surface area contributed by atoms with E-state index >= 15 is 0 Å². The second-order valence-corrected chi connectivity index (χ2v) is 4.43. The van der Waals surface area contributed by atoms with Crippen molar-refractivity contribution in [1.82, 2.24) is 5.32 Å². The molecule has 0 aliphatic rings. The summed E-state index contributed by atoms with van der Waals surface area (Å²) in [6.45, 7) is 3.03. The van der Waals surface area contributed by atoms with E-state index in [0.717, 1.165) is 18.5 Å². The molecule has 0 fully saturated rings. The molecule has 1 rings (SSSR count). The minimum absolute atomic E-state index is 0.185. The predicted octanol–water partition coefficient (Wildman–Crippen LogP) is 2.55. The van der Waals surface area contributed by atoms with E-state index in [0.29, 0.717) is 6.42 Å². The zero-order valence-electron chi connectivity index (χ0n) is 11.3. The smallest absolute Gasteiger partial charge is 0.323 e. The van der Waals surface area contributed by atoms with Crippen molar-refractivity contribution in [3.8, 4) is 0 Å². The average molecular weight is 249 g/mol. The molecule has 0 radical (unpaired) electrons. The van der Waals surface area contributed by atoms with E-state index in [1.807, 2.05) is 30.3 Å². The highest BCUT2D eigenvalue weighted by atomic mass is 16.5. The van der Waals surface area contributed by atoms with Crippen LogP contribution < -0.4 is 5.32 Å². The molecule has 0 unspecified atom stereocenters. The van der Waals surface area contributed by atoms with E-state index in [9.17, 15) is 4.79 Å². The molecule has 0 aromatic heterocycles. The van der Waals surface area contributed by atoms with Gasteiger partial charge in [-0.25, -0.2) is 0 Å². The molecular formula is C15H23NO2. The first-order valence-corrected chi connectivity index (χ1v) is 6.63. The van der Waals surface area contributed by atoms with Crippen molar-refractivity contribution in [2.75, 3.05) is 13.7 Å². The highest BCUT2D eigenvalue weighted by Crippen LogP contribution is 2.05. The van der Waals surface area contributed by atoms with Crippen LogP contribution in [0.3, 0.4) is 0 Å². The summed E-state index contributed by atoms with van der Waals surface area (Å²) in [4.78, 5) is 11.7. The van der Waals surface area contributed by atoms with E-state index in [2.05, 4.69) is 12.2 Å². The Bertz CT molecular complexity index is 338. The molecule has 1 aromatic carbocycles. The second-order valence-electron chi connectivity index (χ2n) is 4.43. The fourth-order valence-corrected chi connectivity index (χ4v) is 1.88. The van der Waals surface area contributed by atoms with Gasteiger partial charge in [-0.15, -0.1) is 0 Å². The Morgan fingerprint density at radius 1 is 1.28 bits per heavy atom. The maximum atomic E-state index is 11.7. The number of methoxy groups -OCH3 is 1. The summed E-state index contributed by atoms with van der Waals surface area (Å²) < 4.78 is 4.84. The Labute approximate surface area is 110 Å². The molecule has 1 atom stereocenters. The molecule has 0 heterocycles. The third-order valence-corrected chi connectivity index (χ3v) is 2.94. The summed E-state index contributed by atoms with van der Waals surface area (Å²) in [6.07, 6.45) is 4.15. The van der Waals surface area contributed by atoms with Gasteiger partial charge in [0.1, 0.15) is 6.04 Å². The molecule has 3 nitrogen and oxygen atoms in total. The topological polar surface area (TPSA) is 38.3 Å². The van der Waals surface area contributed by atoms with E-state index in [1.54, 1.807) is 0 Å². The molecule has 1 aromatic rings. The van der Waals surface area contributed by atoms with E-state index < -0.39 is 0 Å². The minimum atomic E-state index is -0.241. The van der Waals surface area contributed by atoms with Crippen LogP contribution >= 0.6 is 0 Å². The maximum Gasteiger partial charge on any atom is 0.323 e. The zero-order valence-corrected chi connectivity index (χ0v) is 11.3. The van der Waals surface area contributed by atoms with Gasteiger partial charge in [0.25, 0.3) is 0 Å². The Hall–Kier alpha value is -1.35. The van der Waals surface area contributed by atoms with Crippen molar-refractivity contribution in [3.05, 3.63) is 35.9 Å². The van der Waals surface area contributed by atoms with Crippen molar-refractivity contribution in [2.45, 2.75) is 38.6 Å². The number of unbranched alkanes of at least 4 members (excludes halogenated alkanes) is 2. The summed E-state index contributed by atoms with van der Waals surface area (Å²) in [6, 6.07) is 9.77. The van der Waals surface area contributed by atoms with Gasteiger partial charge in [-0.2, -0.15) is 0 Å². The van der Waals surface area contributed by atoms with Crippen molar-refractivity contribution in [2.24, 2.45) is 0 Å². The first-order valence-electron chi connectivity index (χ1n) is 6.63. The lowest BCUT2D eigenvalue weighted by Gasteiger charge is -2.16. The van der Waals surface area contributed by atoms with Gasteiger partial charge in [0, 0.05) is 0 Å². The van der Waals surface area contributed by atoms with Crippen molar-refractivity contribution in [3.63, 3.8) is 0 Å². The lowest BCUT2D eigenvalue weighted by molar-refractivity contribution is -0.143. The summed E-state index contributed by atoms with van der Waals surface area (Å²) >= 11 is 0. The van der Waals surface area contributed by atoms with Crippen LogP contribution in [0.2, 0.25) is 0 Å². The van der Waals surface area contributed by atoms with E-state index in [1.165, 1.54) is 20.0 Å². The number of hydrogen-bond acceptors (Lipinski definition) is 3. The van der Waals surface area contributed by atoms with Gasteiger partial charge in [0.15, 0.2) is 0 Å². The molecular weight excluding hydrogens is 226 g/mol. The normalized spacial score (nSPS) is 12.1. The SMILES string of the molecule is CCCCCN[C@@H](Cc1ccccc1)C(=O)OC. The number of nitrogens with one attached hydrogen (secondary N) is 1. The van der Waals surface area contributed by atoms with Gasteiger partial charge in [0.2, 0.25) is 0 Å². The third kappa shape index (κ3) is 5.32. The van der Waals surface area contributed by atoms with Gasteiger partial charge in [-0.3, -0.25) is 4.79 Å². The summed E-state index contributed by atoms with van der Waals surface area (Å²) in [5, 5.41) is 3.28. The molecule has 100 valence electrons. The number of esters is 1. The van der Waals surface area contributed by atoms with Crippen LogP contribution in [0.25, 0.3) is 0 Å².